The van der Waals surface area contributed by atoms with Crippen LogP contribution in [-0.4, -0.2) is 23.2 Å². The summed E-state index contributed by atoms with van der Waals surface area (Å²) in [4.78, 5) is 15.3. The molecule has 0 saturated carbocycles. The Bertz CT molecular complexity index is 603. The van der Waals surface area contributed by atoms with Gasteiger partial charge in [-0.25, -0.2) is 4.79 Å². The van der Waals surface area contributed by atoms with Crippen molar-refractivity contribution < 1.29 is 14.6 Å². The molecule has 0 spiro atoms. The summed E-state index contributed by atoms with van der Waals surface area (Å²) in [6.07, 6.45) is 5.13. The first-order valence-corrected chi connectivity index (χ1v) is 5.71. The van der Waals surface area contributed by atoms with Gasteiger partial charge in [0.2, 0.25) is 0 Å². The average Bonchev–Trinajstić information content (AvgIpc) is 2.46. The summed E-state index contributed by atoms with van der Waals surface area (Å²) >= 11 is 0. The second-order valence-electron chi connectivity index (χ2n) is 3.85. The third-order valence-corrected chi connectivity index (χ3v) is 2.58. The number of nitrogens with zero attached hydrogens (tertiary/aromatic N) is 1. The van der Waals surface area contributed by atoms with E-state index >= 15 is 0 Å². The molecule has 0 unspecified atom stereocenters. The standard InChI is InChI=1S/C15H13NO3/c1-19-15(18)12-7-4-11(5-8-12)6-9-13-14(17)3-2-10-16-13/h2-10,17H,1H3. The van der Waals surface area contributed by atoms with Crippen molar-refractivity contribution in [2.45, 2.75) is 0 Å². The molecule has 1 aromatic carbocycles. The zero-order valence-electron chi connectivity index (χ0n) is 10.4. The number of pyridine rings is 1. The number of aromatic hydroxyl groups is 1. The predicted octanol–water partition coefficient (Wildman–Crippen LogP) is 2.74. The largest absolute Gasteiger partial charge is 0.506 e. The topological polar surface area (TPSA) is 59.4 Å². The third-order valence-electron chi connectivity index (χ3n) is 2.58. The summed E-state index contributed by atoms with van der Waals surface area (Å²) in [6.45, 7) is 0. The third kappa shape index (κ3) is 3.19. The fourth-order valence-electron chi connectivity index (χ4n) is 1.56. The Kier molecular flexibility index (Phi) is 3.93. The molecule has 0 atom stereocenters. The summed E-state index contributed by atoms with van der Waals surface area (Å²) in [5.41, 5.74) is 1.90. The lowest BCUT2D eigenvalue weighted by Gasteiger charge is -2.00. The number of carbonyl (C=O) groups is 1. The van der Waals surface area contributed by atoms with E-state index in [2.05, 4.69) is 9.72 Å². The molecular weight excluding hydrogens is 242 g/mol. The molecule has 0 amide bonds. The number of hydrogen-bond donors (Lipinski definition) is 1. The maximum absolute atomic E-state index is 11.3. The Labute approximate surface area is 111 Å². The molecule has 2 rings (SSSR count). The lowest BCUT2D eigenvalue weighted by atomic mass is 10.1. The monoisotopic (exact) mass is 255 g/mol. The SMILES string of the molecule is COC(=O)c1ccc(C=Cc2ncccc2O)cc1. The average molecular weight is 255 g/mol. The van der Waals surface area contributed by atoms with Crippen molar-refractivity contribution >= 4 is 18.1 Å². The first-order chi connectivity index (χ1) is 9.20. The minimum atomic E-state index is -0.363. The first-order valence-electron chi connectivity index (χ1n) is 5.71. The summed E-state index contributed by atoms with van der Waals surface area (Å²) in [5, 5.41) is 9.56. The van der Waals surface area contributed by atoms with Gasteiger partial charge in [0.1, 0.15) is 11.4 Å². The van der Waals surface area contributed by atoms with Gasteiger partial charge in [0, 0.05) is 6.20 Å². The number of hydrogen-bond acceptors (Lipinski definition) is 4. The van der Waals surface area contributed by atoms with Gasteiger partial charge in [-0.2, -0.15) is 0 Å². The molecule has 1 aromatic heterocycles. The van der Waals surface area contributed by atoms with Crippen LogP contribution in [0.1, 0.15) is 21.6 Å². The fraction of sp³-hybridized carbons (Fsp3) is 0.0667. The van der Waals surface area contributed by atoms with Gasteiger partial charge in [-0.05, 0) is 35.9 Å². The van der Waals surface area contributed by atoms with E-state index in [1.165, 1.54) is 7.11 Å². The van der Waals surface area contributed by atoms with Gasteiger partial charge in [0.05, 0.1) is 12.7 Å². The molecule has 4 nitrogen and oxygen atoms in total. The van der Waals surface area contributed by atoms with Crippen LogP contribution in [0.5, 0.6) is 5.75 Å². The second kappa shape index (κ2) is 5.82. The van der Waals surface area contributed by atoms with Gasteiger partial charge >= 0.3 is 5.97 Å². The Morgan fingerprint density at radius 3 is 2.58 bits per heavy atom. The molecule has 0 radical (unpaired) electrons. The summed E-state index contributed by atoms with van der Waals surface area (Å²) in [6, 6.07) is 10.2. The number of esters is 1. The zero-order valence-corrected chi connectivity index (χ0v) is 10.4. The van der Waals surface area contributed by atoms with Crippen LogP contribution in [0.25, 0.3) is 12.2 Å². The van der Waals surface area contributed by atoms with E-state index in [0.717, 1.165) is 5.56 Å². The van der Waals surface area contributed by atoms with Crippen LogP contribution in [0.4, 0.5) is 0 Å². The molecule has 0 fully saturated rings. The van der Waals surface area contributed by atoms with Crippen LogP contribution in [0.15, 0.2) is 42.6 Å². The molecule has 2 aromatic rings. The normalized spacial score (nSPS) is 10.6. The van der Waals surface area contributed by atoms with Gasteiger partial charge in [-0.15, -0.1) is 0 Å². The summed E-state index contributed by atoms with van der Waals surface area (Å²) in [7, 11) is 1.35. The van der Waals surface area contributed by atoms with E-state index in [-0.39, 0.29) is 11.7 Å². The molecule has 0 aliphatic carbocycles. The lowest BCUT2D eigenvalue weighted by Crippen LogP contribution is -2.00. The molecule has 0 bridgehead atoms. The van der Waals surface area contributed by atoms with Crippen molar-refractivity contribution in [2.75, 3.05) is 7.11 Å². The van der Waals surface area contributed by atoms with Crippen LogP contribution in [0, 0.1) is 0 Å². The van der Waals surface area contributed by atoms with Crippen molar-refractivity contribution in [3.8, 4) is 5.75 Å². The molecule has 1 heterocycles. The van der Waals surface area contributed by atoms with Crippen molar-refractivity contribution in [3.05, 3.63) is 59.4 Å². The molecule has 4 heteroatoms. The van der Waals surface area contributed by atoms with Crippen LogP contribution in [0.3, 0.4) is 0 Å². The van der Waals surface area contributed by atoms with Gasteiger partial charge in [0.25, 0.3) is 0 Å². The number of rotatable bonds is 3. The van der Waals surface area contributed by atoms with Gasteiger partial charge < -0.3 is 9.84 Å². The highest BCUT2D eigenvalue weighted by atomic mass is 16.5. The highest BCUT2D eigenvalue weighted by molar-refractivity contribution is 5.89. The Morgan fingerprint density at radius 1 is 1.21 bits per heavy atom. The van der Waals surface area contributed by atoms with Crippen molar-refractivity contribution in [1.82, 2.24) is 4.98 Å². The smallest absolute Gasteiger partial charge is 0.337 e. The molecule has 0 aliphatic rings. The van der Waals surface area contributed by atoms with E-state index < -0.39 is 0 Å². The fourth-order valence-corrected chi connectivity index (χ4v) is 1.56. The van der Waals surface area contributed by atoms with E-state index in [1.54, 1.807) is 48.7 Å². The molecule has 1 N–H and O–H groups in total. The number of benzene rings is 1. The van der Waals surface area contributed by atoms with E-state index in [4.69, 9.17) is 0 Å². The molecular formula is C15H13NO3. The van der Waals surface area contributed by atoms with E-state index in [9.17, 15) is 9.90 Å². The van der Waals surface area contributed by atoms with Crippen molar-refractivity contribution in [3.63, 3.8) is 0 Å². The van der Waals surface area contributed by atoms with Gasteiger partial charge in [-0.3, -0.25) is 4.98 Å². The van der Waals surface area contributed by atoms with Gasteiger partial charge in [0.15, 0.2) is 0 Å². The molecule has 0 saturated heterocycles. The van der Waals surface area contributed by atoms with E-state index in [0.29, 0.717) is 11.3 Å². The quantitative estimate of drug-likeness (QED) is 0.857. The molecule has 0 aliphatic heterocycles. The minimum Gasteiger partial charge on any atom is -0.506 e. The molecule has 96 valence electrons. The lowest BCUT2D eigenvalue weighted by molar-refractivity contribution is 0.0600. The first kappa shape index (κ1) is 12.8. The van der Waals surface area contributed by atoms with E-state index in [1.807, 2.05) is 6.08 Å². The number of carbonyl (C=O) groups excluding carboxylic acids is 1. The number of methoxy groups -OCH3 is 1. The number of aromatic nitrogens is 1. The second-order valence-corrected chi connectivity index (χ2v) is 3.85. The maximum atomic E-state index is 11.3. The minimum absolute atomic E-state index is 0.130. The summed E-state index contributed by atoms with van der Waals surface area (Å²) in [5.74, 6) is -0.233. The Hall–Kier alpha value is -2.62. The van der Waals surface area contributed by atoms with Crippen LogP contribution >= 0.6 is 0 Å². The highest BCUT2D eigenvalue weighted by Crippen LogP contribution is 2.16. The van der Waals surface area contributed by atoms with Crippen molar-refractivity contribution in [2.24, 2.45) is 0 Å². The predicted molar refractivity (Wildman–Crippen MR) is 72.6 cm³/mol. The summed E-state index contributed by atoms with van der Waals surface area (Å²) < 4.78 is 4.62. The van der Waals surface area contributed by atoms with Crippen LogP contribution < -0.4 is 0 Å². The Balaban J connectivity index is 2.16. The van der Waals surface area contributed by atoms with Gasteiger partial charge in [-0.1, -0.05) is 18.2 Å². The number of ether oxygens (including phenoxy) is 1. The maximum Gasteiger partial charge on any atom is 0.337 e. The van der Waals surface area contributed by atoms with Crippen LogP contribution in [-0.2, 0) is 4.74 Å². The highest BCUT2D eigenvalue weighted by Gasteiger charge is 2.03. The van der Waals surface area contributed by atoms with Crippen LogP contribution in [0.2, 0.25) is 0 Å². The Morgan fingerprint density at radius 2 is 1.95 bits per heavy atom. The zero-order chi connectivity index (χ0) is 13.7. The molecule has 19 heavy (non-hydrogen) atoms. The van der Waals surface area contributed by atoms with Crippen molar-refractivity contribution in [1.29, 1.82) is 0 Å².